The van der Waals surface area contributed by atoms with E-state index < -0.39 is 17.7 Å². The molecular formula is C17H23F2N3O. The molecule has 126 valence electrons. The molecule has 0 amide bonds. The Labute approximate surface area is 135 Å². The molecule has 0 radical (unpaired) electrons. The van der Waals surface area contributed by atoms with Gasteiger partial charge < -0.3 is 10.4 Å². The fourth-order valence-corrected chi connectivity index (χ4v) is 2.57. The number of hydrogen-bond acceptors (Lipinski definition) is 3. The van der Waals surface area contributed by atoms with Crippen LogP contribution in [-0.2, 0) is 19.0 Å². The number of benzene rings is 1. The van der Waals surface area contributed by atoms with E-state index in [0.29, 0.717) is 6.54 Å². The molecule has 6 heteroatoms. The maximum absolute atomic E-state index is 13.6. The normalized spacial score (nSPS) is 13.3. The summed E-state index contributed by atoms with van der Waals surface area (Å²) in [5, 5.41) is 17.5. The van der Waals surface area contributed by atoms with E-state index in [1.807, 2.05) is 13.2 Å². The average Bonchev–Trinajstić information content (AvgIpc) is 2.80. The number of nitrogens with one attached hydrogen (secondary N) is 1. The van der Waals surface area contributed by atoms with Crippen LogP contribution in [0.4, 0.5) is 8.78 Å². The lowest BCUT2D eigenvalue weighted by molar-refractivity contribution is 0.164. The third-order valence-electron chi connectivity index (χ3n) is 3.60. The predicted molar refractivity (Wildman–Crippen MR) is 84.9 cm³/mol. The second kappa shape index (κ2) is 6.76. The standard InChI is InChI=1S/C17H23F2N3O/c1-17(2,3)16-11(10-22(4)21-16)8-20-9-14(23)15-12(18)6-5-7-13(15)19/h5-7,10,14,20,23H,8-9H2,1-4H3. The van der Waals surface area contributed by atoms with E-state index in [9.17, 15) is 13.9 Å². The first kappa shape index (κ1) is 17.6. The second-order valence-corrected chi connectivity index (χ2v) is 6.71. The van der Waals surface area contributed by atoms with Gasteiger partial charge in [-0.05, 0) is 12.1 Å². The van der Waals surface area contributed by atoms with Crippen LogP contribution in [-0.4, -0.2) is 21.4 Å². The Morgan fingerprint density at radius 1 is 1.26 bits per heavy atom. The minimum absolute atomic E-state index is 0.0519. The third kappa shape index (κ3) is 4.14. The van der Waals surface area contributed by atoms with E-state index in [2.05, 4.69) is 31.2 Å². The number of nitrogens with zero attached hydrogens (tertiary/aromatic N) is 2. The zero-order chi connectivity index (χ0) is 17.2. The van der Waals surface area contributed by atoms with Gasteiger partial charge in [0.25, 0.3) is 0 Å². The molecule has 0 spiro atoms. The fourth-order valence-electron chi connectivity index (χ4n) is 2.57. The van der Waals surface area contributed by atoms with E-state index in [1.54, 1.807) is 4.68 Å². The van der Waals surface area contributed by atoms with Crippen LogP contribution in [0.1, 0.15) is 43.7 Å². The average molecular weight is 323 g/mol. The quantitative estimate of drug-likeness (QED) is 0.889. The van der Waals surface area contributed by atoms with Crippen molar-refractivity contribution >= 4 is 0 Å². The zero-order valence-electron chi connectivity index (χ0n) is 13.9. The van der Waals surface area contributed by atoms with Gasteiger partial charge in [0.1, 0.15) is 11.6 Å². The highest BCUT2D eigenvalue weighted by Gasteiger charge is 2.22. The molecule has 0 saturated heterocycles. The molecule has 1 aromatic heterocycles. The van der Waals surface area contributed by atoms with Crippen LogP contribution in [0.2, 0.25) is 0 Å². The largest absolute Gasteiger partial charge is 0.387 e. The molecule has 0 aliphatic carbocycles. The van der Waals surface area contributed by atoms with Gasteiger partial charge in [-0.15, -0.1) is 0 Å². The van der Waals surface area contributed by atoms with Crippen LogP contribution in [0.5, 0.6) is 0 Å². The van der Waals surface area contributed by atoms with Crippen LogP contribution < -0.4 is 5.32 Å². The zero-order valence-corrected chi connectivity index (χ0v) is 13.9. The van der Waals surface area contributed by atoms with Crippen LogP contribution in [0.3, 0.4) is 0 Å². The number of halogens is 2. The summed E-state index contributed by atoms with van der Waals surface area (Å²) in [6.45, 7) is 6.73. The van der Waals surface area contributed by atoms with Crippen molar-refractivity contribution in [2.75, 3.05) is 6.54 Å². The highest BCUT2D eigenvalue weighted by atomic mass is 19.1. The fraction of sp³-hybridized carbons (Fsp3) is 0.471. The van der Waals surface area contributed by atoms with E-state index >= 15 is 0 Å². The van der Waals surface area contributed by atoms with Crippen molar-refractivity contribution in [3.05, 3.63) is 52.9 Å². The number of rotatable bonds is 5. The highest BCUT2D eigenvalue weighted by molar-refractivity contribution is 5.24. The summed E-state index contributed by atoms with van der Waals surface area (Å²) >= 11 is 0. The van der Waals surface area contributed by atoms with E-state index in [1.165, 1.54) is 6.07 Å². The minimum atomic E-state index is -1.24. The molecule has 0 fully saturated rings. The van der Waals surface area contributed by atoms with Gasteiger partial charge in [-0.3, -0.25) is 4.68 Å². The summed E-state index contributed by atoms with van der Waals surface area (Å²) in [5.41, 5.74) is 1.55. The molecule has 4 nitrogen and oxygen atoms in total. The second-order valence-electron chi connectivity index (χ2n) is 6.71. The van der Waals surface area contributed by atoms with Crippen LogP contribution in [0.25, 0.3) is 0 Å². The maximum atomic E-state index is 13.6. The number of aromatic nitrogens is 2. The molecule has 1 aromatic carbocycles. The first-order chi connectivity index (χ1) is 10.7. The van der Waals surface area contributed by atoms with E-state index in [0.717, 1.165) is 23.4 Å². The molecular weight excluding hydrogens is 300 g/mol. The summed E-state index contributed by atoms with van der Waals surface area (Å²) in [6.07, 6.45) is 0.662. The number of aliphatic hydroxyl groups is 1. The predicted octanol–water partition coefficient (Wildman–Crippen LogP) is 2.82. The summed E-state index contributed by atoms with van der Waals surface area (Å²) in [4.78, 5) is 0. The van der Waals surface area contributed by atoms with Crippen LogP contribution in [0, 0.1) is 11.6 Å². The molecule has 1 atom stereocenters. The lowest BCUT2D eigenvalue weighted by Gasteiger charge is -2.18. The Balaban J connectivity index is 2.03. The number of aryl methyl sites for hydroxylation is 1. The Kier molecular flexibility index (Phi) is 5.16. The summed E-state index contributed by atoms with van der Waals surface area (Å²) < 4.78 is 29.0. The van der Waals surface area contributed by atoms with Gasteiger partial charge in [0.15, 0.2) is 0 Å². The van der Waals surface area contributed by atoms with Gasteiger partial charge in [-0.25, -0.2) is 8.78 Å². The number of hydrogen-bond donors (Lipinski definition) is 2. The highest BCUT2D eigenvalue weighted by Crippen LogP contribution is 2.24. The van der Waals surface area contributed by atoms with Crippen molar-refractivity contribution in [3.8, 4) is 0 Å². The van der Waals surface area contributed by atoms with Gasteiger partial charge in [0, 0.05) is 37.3 Å². The Hall–Kier alpha value is -1.79. The molecule has 0 bridgehead atoms. The lowest BCUT2D eigenvalue weighted by Crippen LogP contribution is -2.24. The lowest BCUT2D eigenvalue weighted by atomic mass is 9.89. The van der Waals surface area contributed by atoms with Crippen molar-refractivity contribution in [1.29, 1.82) is 0 Å². The SMILES string of the molecule is Cn1cc(CNCC(O)c2c(F)cccc2F)c(C(C)(C)C)n1. The van der Waals surface area contributed by atoms with E-state index in [-0.39, 0.29) is 17.5 Å². The molecule has 2 rings (SSSR count). The molecule has 0 aliphatic rings. The number of aliphatic hydroxyl groups excluding tert-OH is 1. The molecule has 1 heterocycles. The molecule has 0 aliphatic heterocycles. The van der Waals surface area contributed by atoms with Gasteiger partial charge in [0.05, 0.1) is 17.4 Å². The van der Waals surface area contributed by atoms with E-state index in [4.69, 9.17) is 0 Å². The van der Waals surface area contributed by atoms with Crippen LogP contribution in [0.15, 0.2) is 24.4 Å². The summed E-state index contributed by atoms with van der Waals surface area (Å²) in [5.74, 6) is -1.48. The van der Waals surface area contributed by atoms with Gasteiger partial charge in [-0.1, -0.05) is 26.8 Å². The van der Waals surface area contributed by atoms with Gasteiger partial charge in [0.2, 0.25) is 0 Å². The Bertz CT molecular complexity index is 657. The molecule has 2 aromatic rings. The smallest absolute Gasteiger partial charge is 0.131 e. The van der Waals surface area contributed by atoms with Gasteiger partial charge in [-0.2, -0.15) is 5.10 Å². The summed E-state index contributed by atoms with van der Waals surface area (Å²) in [6, 6.07) is 3.56. The Morgan fingerprint density at radius 2 is 1.87 bits per heavy atom. The molecule has 1 unspecified atom stereocenters. The van der Waals surface area contributed by atoms with Crippen molar-refractivity contribution in [2.45, 2.75) is 38.8 Å². The summed E-state index contributed by atoms with van der Waals surface area (Å²) in [7, 11) is 1.85. The monoisotopic (exact) mass is 323 g/mol. The Morgan fingerprint density at radius 3 is 2.43 bits per heavy atom. The first-order valence-electron chi connectivity index (χ1n) is 7.56. The minimum Gasteiger partial charge on any atom is -0.387 e. The van der Waals surface area contributed by atoms with Crippen molar-refractivity contribution in [2.24, 2.45) is 7.05 Å². The van der Waals surface area contributed by atoms with Crippen LogP contribution >= 0.6 is 0 Å². The maximum Gasteiger partial charge on any atom is 0.131 e. The molecule has 0 saturated carbocycles. The molecule has 2 N–H and O–H groups in total. The van der Waals surface area contributed by atoms with Crippen molar-refractivity contribution < 1.29 is 13.9 Å². The topological polar surface area (TPSA) is 50.1 Å². The third-order valence-corrected chi connectivity index (χ3v) is 3.60. The van der Waals surface area contributed by atoms with Crippen molar-refractivity contribution in [1.82, 2.24) is 15.1 Å². The van der Waals surface area contributed by atoms with Gasteiger partial charge >= 0.3 is 0 Å². The van der Waals surface area contributed by atoms with Crippen molar-refractivity contribution in [3.63, 3.8) is 0 Å². The molecule has 23 heavy (non-hydrogen) atoms. The first-order valence-corrected chi connectivity index (χ1v) is 7.56.